The Labute approximate surface area is 180 Å². The van der Waals surface area contributed by atoms with Crippen molar-refractivity contribution < 1.29 is 18.3 Å². The summed E-state index contributed by atoms with van der Waals surface area (Å²) in [5, 5.41) is 5.04. The number of nitrogens with zero attached hydrogens (tertiary/aromatic N) is 4. The maximum Gasteiger partial charge on any atom is 0.239 e. The number of anilines is 2. The standard InChI is InChI=1S/C23H28F2N4O2/c1-15(30)27-8-6-21-19(13-27)23(26-29(21)18-7-9-31-14-18)28-12-16(11-22(24)25)10-17-4-2-3-5-20(17)28/h2-5,16,18,22H,6-14H2,1H3. The number of halogens is 2. The van der Waals surface area contributed by atoms with Crippen LogP contribution in [0.25, 0.3) is 0 Å². The molecular weight excluding hydrogens is 402 g/mol. The second-order valence-corrected chi connectivity index (χ2v) is 8.84. The zero-order valence-corrected chi connectivity index (χ0v) is 17.8. The van der Waals surface area contributed by atoms with E-state index in [0.717, 1.165) is 47.8 Å². The minimum atomic E-state index is -2.33. The van der Waals surface area contributed by atoms with Gasteiger partial charge in [0.15, 0.2) is 5.82 Å². The predicted octanol–water partition coefficient (Wildman–Crippen LogP) is 3.71. The van der Waals surface area contributed by atoms with Gasteiger partial charge in [-0.05, 0) is 30.4 Å². The first kappa shape index (κ1) is 20.4. The molecule has 31 heavy (non-hydrogen) atoms. The molecule has 2 atom stereocenters. The second kappa shape index (κ2) is 8.22. The normalized spacial score (nSPS) is 23.2. The number of benzene rings is 1. The van der Waals surface area contributed by atoms with Gasteiger partial charge in [-0.25, -0.2) is 8.78 Å². The van der Waals surface area contributed by atoms with Crippen LogP contribution < -0.4 is 4.90 Å². The number of carbonyl (C=O) groups is 1. The summed E-state index contributed by atoms with van der Waals surface area (Å²) in [6.07, 6.45) is -0.143. The molecule has 0 bridgehead atoms. The van der Waals surface area contributed by atoms with Gasteiger partial charge in [-0.2, -0.15) is 5.10 Å². The van der Waals surface area contributed by atoms with Crippen molar-refractivity contribution in [2.24, 2.45) is 5.92 Å². The number of hydrogen-bond donors (Lipinski definition) is 0. The van der Waals surface area contributed by atoms with E-state index in [0.29, 0.717) is 32.7 Å². The van der Waals surface area contributed by atoms with Crippen molar-refractivity contribution >= 4 is 17.4 Å². The molecule has 0 radical (unpaired) electrons. The van der Waals surface area contributed by atoms with Crippen molar-refractivity contribution in [2.45, 2.75) is 51.6 Å². The van der Waals surface area contributed by atoms with Crippen LogP contribution in [0.2, 0.25) is 0 Å². The highest BCUT2D eigenvalue weighted by atomic mass is 19.3. The molecule has 3 aliphatic rings. The van der Waals surface area contributed by atoms with E-state index < -0.39 is 6.43 Å². The number of ether oxygens (including phenoxy) is 1. The molecule has 4 heterocycles. The SMILES string of the molecule is CC(=O)N1CCc2c(c(N3CC(CC(F)F)Cc4ccccc43)nn2C2CCOC2)C1. The summed E-state index contributed by atoms with van der Waals surface area (Å²) < 4.78 is 34.2. The Balaban J connectivity index is 1.59. The largest absolute Gasteiger partial charge is 0.379 e. The first-order valence-electron chi connectivity index (χ1n) is 11.1. The summed E-state index contributed by atoms with van der Waals surface area (Å²) in [6.45, 7) is 4.63. The van der Waals surface area contributed by atoms with Crippen LogP contribution in [0.5, 0.6) is 0 Å². The molecule has 0 saturated carbocycles. The lowest BCUT2D eigenvalue weighted by Crippen LogP contribution is -2.37. The molecule has 0 spiro atoms. The minimum absolute atomic E-state index is 0.0446. The number of rotatable bonds is 4. The Morgan fingerprint density at radius 1 is 1.32 bits per heavy atom. The van der Waals surface area contributed by atoms with Gasteiger partial charge in [0.05, 0.1) is 19.2 Å². The summed E-state index contributed by atoms with van der Waals surface area (Å²) >= 11 is 0. The second-order valence-electron chi connectivity index (χ2n) is 8.84. The number of amides is 1. The quantitative estimate of drug-likeness (QED) is 0.742. The number of para-hydroxylation sites is 1. The summed E-state index contributed by atoms with van der Waals surface area (Å²) in [6, 6.07) is 8.20. The lowest BCUT2D eigenvalue weighted by atomic mass is 9.90. The third-order valence-corrected chi connectivity index (χ3v) is 6.76. The highest BCUT2D eigenvalue weighted by Gasteiger charge is 2.35. The van der Waals surface area contributed by atoms with E-state index in [1.807, 2.05) is 29.2 Å². The number of hydrogen-bond acceptors (Lipinski definition) is 4. The Morgan fingerprint density at radius 2 is 2.16 bits per heavy atom. The first-order chi connectivity index (χ1) is 15.0. The van der Waals surface area contributed by atoms with Crippen molar-refractivity contribution in [2.75, 3.05) is 31.2 Å². The molecule has 2 unspecified atom stereocenters. The third-order valence-electron chi connectivity index (χ3n) is 6.76. The van der Waals surface area contributed by atoms with E-state index in [4.69, 9.17) is 9.84 Å². The molecule has 1 saturated heterocycles. The average molecular weight is 430 g/mol. The summed E-state index contributed by atoms with van der Waals surface area (Å²) in [7, 11) is 0. The van der Waals surface area contributed by atoms with Crippen molar-refractivity contribution in [3.05, 3.63) is 41.1 Å². The van der Waals surface area contributed by atoms with Crippen molar-refractivity contribution in [3.63, 3.8) is 0 Å². The average Bonchev–Trinajstić information content (AvgIpc) is 3.40. The number of carbonyl (C=O) groups excluding carboxylic acids is 1. The van der Waals surface area contributed by atoms with Gasteiger partial charge in [0, 0.05) is 56.4 Å². The number of alkyl halides is 2. The fourth-order valence-corrected chi connectivity index (χ4v) is 5.22. The van der Waals surface area contributed by atoms with Crippen LogP contribution in [0.1, 0.15) is 42.6 Å². The molecule has 3 aliphatic heterocycles. The van der Waals surface area contributed by atoms with Gasteiger partial charge in [0.2, 0.25) is 12.3 Å². The molecular formula is C23H28F2N4O2. The smallest absolute Gasteiger partial charge is 0.239 e. The molecule has 0 aliphatic carbocycles. The van der Waals surface area contributed by atoms with Crippen molar-refractivity contribution in [1.29, 1.82) is 0 Å². The molecule has 6 nitrogen and oxygen atoms in total. The summed E-state index contributed by atoms with van der Waals surface area (Å²) in [5.74, 6) is 0.709. The van der Waals surface area contributed by atoms with Crippen LogP contribution in [-0.2, 0) is 28.9 Å². The van der Waals surface area contributed by atoms with Crippen LogP contribution in [0.3, 0.4) is 0 Å². The van der Waals surface area contributed by atoms with Crippen LogP contribution >= 0.6 is 0 Å². The molecule has 1 aromatic heterocycles. The summed E-state index contributed by atoms with van der Waals surface area (Å²) in [5.41, 5.74) is 4.30. The molecule has 1 fully saturated rings. The Bertz CT molecular complexity index is 970. The molecule has 2 aromatic rings. The lowest BCUT2D eigenvalue weighted by molar-refractivity contribution is -0.129. The van der Waals surface area contributed by atoms with E-state index in [1.54, 1.807) is 6.92 Å². The van der Waals surface area contributed by atoms with Crippen LogP contribution in [0, 0.1) is 5.92 Å². The minimum Gasteiger partial charge on any atom is -0.379 e. The van der Waals surface area contributed by atoms with Gasteiger partial charge in [-0.15, -0.1) is 0 Å². The highest BCUT2D eigenvalue weighted by Crippen LogP contribution is 2.41. The van der Waals surface area contributed by atoms with Crippen LogP contribution in [0.15, 0.2) is 24.3 Å². The number of aromatic nitrogens is 2. The van der Waals surface area contributed by atoms with E-state index in [-0.39, 0.29) is 24.3 Å². The monoisotopic (exact) mass is 430 g/mol. The highest BCUT2D eigenvalue weighted by molar-refractivity contribution is 5.75. The first-order valence-corrected chi connectivity index (χ1v) is 11.1. The van der Waals surface area contributed by atoms with Crippen molar-refractivity contribution in [1.82, 2.24) is 14.7 Å². The molecule has 1 amide bonds. The Kier molecular flexibility index (Phi) is 5.42. The zero-order chi connectivity index (χ0) is 21.5. The topological polar surface area (TPSA) is 50.6 Å². The fourth-order valence-electron chi connectivity index (χ4n) is 5.22. The molecule has 166 valence electrons. The number of fused-ring (bicyclic) bond motifs is 2. The van der Waals surface area contributed by atoms with E-state index >= 15 is 0 Å². The van der Waals surface area contributed by atoms with Gasteiger partial charge < -0.3 is 14.5 Å². The van der Waals surface area contributed by atoms with Gasteiger partial charge in [0.1, 0.15) is 0 Å². The van der Waals surface area contributed by atoms with E-state index in [9.17, 15) is 13.6 Å². The lowest BCUT2D eigenvalue weighted by Gasteiger charge is -2.36. The van der Waals surface area contributed by atoms with Crippen molar-refractivity contribution in [3.8, 4) is 0 Å². The van der Waals surface area contributed by atoms with Gasteiger partial charge in [0.25, 0.3) is 0 Å². The van der Waals surface area contributed by atoms with Gasteiger partial charge >= 0.3 is 0 Å². The predicted molar refractivity (Wildman–Crippen MR) is 113 cm³/mol. The van der Waals surface area contributed by atoms with Gasteiger partial charge in [-0.1, -0.05) is 18.2 Å². The molecule has 0 N–H and O–H groups in total. The van der Waals surface area contributed by atoms with E-state index in [2.05, 4.69) is 9.58 Å². The fraction of sp³-hybridized carbons (Fsp3) is 0.565. The van der Waals surface area contributed by atoms with Crippen LogP contribution in [0.4, 0.5) is 20.3 Å². The Morgan fingerprint density at radius 3 is 2.90 bits per heavy atom. The summed E-state index contributed by atoms with van der Waals surface area (Å²) in [4.78, 5) is 16.1. The zero-order valence-electron chi connectivity index (χ0n) is 17.8. The molecule has 1 aromatic carbocycles. The van der Waals surface area contributed by atoms with Crippen LogP contribution in [-0.4, -0.2) is 53.3 Å². The third kappa shape index (κ3) is 3.82. The maximum atomic E-state index is 13.3. The van der Waals surface area contributed by atoms with E-state index in [1.165, 1.54) is 0 Å². The molecule has 5 rings (SSSR count). The van der Waals surface area contributed by atoms with Gasteiger partial charge in [-0.3, -0.25) is 9.48 Å². The maximum absolute atomic E-state index is 13.3. The Hall–Kier alpha value is -2.48. The molecule has 8 heteroatoms.